The fourth-order valence-corrected chi connectivity index (χ4v) is 1.75. The van der Waals surface area contributed by atoms with Gasteiger partial charge in [-0.1, -0.05) is 6.92 Å². The zero-order valence-corrected chi connectivity index (χ0v) is 8.90. The van der Waals surface area contributed by atoms with E-state index in [1.165, 1.54) is 0 Å². The Hall–Kier alpha value is -0.220. The van der Waals surface area contributed by atoms with Crippen LogP contribution in [0.15, 0.2) is 0 Å². The summed E-state index contributed by atoms with van der Waals surface area (Å²) in [6.07, 6.45) is 2.23. The molecule has 3 nitrogen and oxygen atoms in total. The lowest BCUT2D eigenvalue weighted by Gasteiger charge is -2.26. The Kier molecular flexibility index (Phi) is 4.06. The van der Waals surface area contributed by atoms with Crippen molar-refractivity contribution in [1.29, 1.82) is 0 Å². The third kappa shape index (κ3) is 2.88. The fraction of sp³-hybridized carbons (Fsp3) is 0.889. The van der Waals surface area contributed by atoms with Crippen LogP contribution in [-0.2, 0) is 9.53 Å². The molecule has 1 N–H and O–H groups in total. The van der Waals surface area contributed by atoms with Crippen molar-refractivity contribution < 1.29 is 9.53 Å². The Labute approximate surface area is 84.6 Å². The Bertz CT molecular complexity index is 178. The Morgan fingerprint density at radius 2 is 2.46 bits per heavy atom. The van der Waals surface area contributed by atoms with E-state index in [4.69, 9.17) is 4.74 Å². The maximum Gasteiger partial charge on any atom is 0.307 e. The Balaban J connectivity index is 2.43. The first-order valence-electron chi connectivity index (χ1n) is 4.76. The number of thiol groups is 1. The van der Waals surface area contributed by atoms with Crippen molar-refractivity contribution in [2.75, 3.05) is 18.8 Å². The molecule has 0 saturated carbocycles. The predicted molar refractivity (Wildman–Crippen MR) is 55.1 cm³/mol. The number of ether oxygens (including phenoxy) is 1. The van der Waals surface area contributed by atoms with Crippen molar-refractivity contribution >= 4 is 18.6 Å². The van der Waals surface area contributed by atoms with Crippen LogP contribution >= 0.6 is 12.6 Å². The summed E-state index contributed by atoms with van der Waals surface area (Å²) in [7, 11) is 0. The van der Waals surface area contributed by atoms with E-state index >= 15 is 0 Å². The van der Waals surface area contributed by atoms with Crippen molar-refractivity contribution in [1.82, 2.24) is 5.32 Å². The standard InChI is InChI=1S/C9H17NO2S/c1-2-9(4-5-10-7-9)12-8(11)3-6-13/h10,13H,2-7H2,1H3. The lowest BCUT2D eigenvalue weighted by molar-refractivity contribution is -0.157. The van der Waals surface area contributed by atoms with Crippen LogP contribution < -0.4 is 5.32 Å². The summed E-state index contributed by atoms with van der Waals surface area (Å²) in [4.78, 5) is 11.3. The molecule has 0 aromatic heterocycles. The number of nitrogens with one attached hydrogen (secondary N) is 1. The Morgan fingerprint density at radius 1 is 1.69 bits per heavy atom. The molecule has 1 aliphatic heterocycles. The van der Waals surface area contributed by atoms with Gasteiger partial charge in [-0.05, 0) is 13.0 Å². The topological polar surface area (TPSA) is 38.3 Å². The molecule has 0 bridgehead atoms. The first-order valence-corrected chi connectivity index (χ1v) is 5.39. The van der Waals surface area contributed by atoms with Crippen LogP contribution in [0.3, 0.4) is 0 Å². The van der Waals surface area contributed by atoms with Gasteiger partial charge in [0.05, 0.1) is 6.42 Å². The van der Waals surface area contributed by atoms with Crippen LogP contribution in [0.25, 0.3) is 0 Å². The second kappa shape index (κ2) is 4.86. The fourth-order valence-electron chi connectivity index (χ4n) is 1.57. The molecule has 76 valence electrons. The number of carbonyl (C=O) groups is 1. The van der Waals surface area contributed by atoms with Crippen LogP contribution in [0.1, 0.15) is 26.2 Å². The van der Waals surface area contributed by atoms with E-state index in [9.17, 15) is 4.79 Å². The minimum atomic E-state index is -0.236. The molecular weight excluding hydrogens is 186 g/mol. The zero-order chi connectivity index (χ0) is 9.73. The monoisotopic (exact) mass is 203 g/mol. The molecule has 0 aromatic rings. The summed E-state index contributed by atoms with van der Waals surface area (Å²) < 4.78 is 5.44. The van der Waals surface area contributed by atoms with Gasteiger partial charge in [-0.25, -0.2) is 0 Å². The molecular formula is C9H17NO2S. The highest BCUT2D eigenvalue weighted by molar-refractivity contribution is 7.80. The molecule has 0 aromatic carbocycles. The lowest BCUT2D eigenvalue weighted by Crippen LogP contribution is -2.36. The largest absolute Gasteiger partial charge is 0.458 e. The molecule has 1 rings (SSSR count). The minimum absolute atomic E-state index is 0.124. The van der Waals surface area contributed by atoms with Crippen LogP contribution in [0.4, 0.5) is 0 Å². The molecule has 1 aliphatic rings. The van der Waals surface area contributed by atoms with Crippen LogP contribution in [-0.4, -0.2) is 30.4 Å². The van der Waals surface area contributed by atoms with Gasteiger partial charge in [0.15, 0.2) is 0 Å². The normalized spacial score (nSPS) is 27.5. The molecule has 1 atom stereocenters. The second-order valence-electron chi connectivity index (χ2n) is 3.41. The molecule has 13 heavy (non-hydrogen) atoms. The average molecular weight is 203 g/mol. The van der Waals surface area contributed by atoms with Crippen molar-refractivity contribution in [2.45, 2.75) is 31.8 Å². The number of hydrogen-bond acceptors (Lipinski definition) is 4. The SMILES string of the molecule is CCC1(OC(=O)CCS)CCNC1. The predicted octanol–water partition coefficient (Wildman–Crippen LogP) is 0.992. The summed E-state index contributed by atoms with van der Waals surface area (Å²) in [5.41, 5.74) is -0.236. The van der Waals surface area contributed by atoms with E-state index in [-0.39, 0.29) is 11.6 Å². The third-order valence-electron chi connectivity index (χ3n) is 2.50. The number of carbonyl (C=O) groups excluding carboxylic acids is 1. The van der Waals surface area contributed by atoms with Crippen molar-refractivity contribution in [3.05, 3.63) is 0 Å². The van der Waals surface area contributed by atoms with E-state index in [0.717, 1.165) is 25.9 Å². The summed E-state index contributed by atoms with van der Waals surface area (Å²) in [5.74, 6) is 0.437. The van der Waals surface area contributed by atoms with Gasteiger partial charge in [0.1, 0.15) is 5.60 Å². The van der Waals surface area contributed by atoms with Crippen molar-refractivity contribution in [2.24, 2.45) is 0 Å². The first kappa shape index (κ1) is 10.9. The highest BCUT2D eigenvalue weighted by atomic mass is 32.1. The molecule has 0 radical (unpaired) electrons. The molecule has 1 heterocycles. The van der Waals surface area contributed by atoms with E-state index in [1.54, 1.807) is 0 Å². The maximum absolute atomic E-state index is 11.3. The lowest BCUT2D eigenvalue weighted by atomic mass is 10.00. The number of hydrogen-bond donors (Lipinski definition) is 2. The van der Waals surface area contributed by atoms with Crippen molar-refractivity contribution in [3.63, 3.8) is 0 Å². The quantitative estimate of drug-likeness (QED) is 0.528. The summed E-state index contributed by atoms with van der Waals surface area (Å²) in [6.45, 7) is 3.80. The average Bonchev–Trinajstić information content (AvgIpc) is 2.54. The van der Waals surface area contributed by atoms with Crippen molar-refractivity contribution in [3.8, 4) is 0 Å². The molecule has 1 saturated heterocycles. The first-order chi connectivity index (χ1) is 6.22. The highest BCUT2D eigenvalue weighted by Gasteiger charge is 2.35. The van der Waals surface area contributed by atoms with E-state index in [2.05, 4.69) is 24.9 Å². The molecule has 1 unspecified atom stereocenters. The van der Waals surface area contributed by atoms with Gasteiger partial charge in [-0.3, -0.25) is 4.79 Å². The van der Waals surface area contributed by atoms with Gasteiger partial charge in [-0.15, -0.1) is 0 Å². The summed E-state index contributed by atoms with van der Waals surface area (Å²) >= 11 is 4.00. The third-order valence-corrected chi connectivity index (χ3v) is 2.72. The smallest absolute Gasteiger partial charge is 0.307 e. The van der Waals surface area contributed by atoms with Crippen LogP contribution in [0.5, 0.6) is 0 Å². The molecule has 1 fully saturated rings. The molecule has 0 spiro atoms. The second-order valence-corrected chi connectivity index (χ2v) is 3.86. The summed E-state index contributed by atoms with van der Waals surface area (Å²) in [6, 6.07) is 0. The van der Waals surface area contributed by atoms with Gasteiger partial charge in [0.2, 0.25) is 0 Å². The van der Waals surface area contributed by atoms with Gasteiger partial charge in [-0.2, -0.15) is 12.6 Å². The summed E-state index contributed by atoms with van der Waals surface area (Å²) in [5, 5.41) is 3.22. The maximum atomic E-state index is 11.3. The molecule has 0 aliphatic carbocycles. The van der Waals surface area contributed by atoms with Gasteiger partial charge < -0.3 is 10.1 Å². The van der Waals surface area contributed by atoms with Crippen LogP contribution in [0.2, 0.25) is 0 Å². The number of rotatable bonds is 4. The minimum Gasteiger partial charge on any atom is -0.458 e. The Morgan fingerprint density at radius 3 is 2.92 bits per heavy atom. The number of esters is 1. The van der Waals surface area contributed by atoms with E-state index in [1.807, 2.05) is 0 Å². The van der Waals surface area contributed by atoms with Gasteiger partial charge in [0, 0.05) is 18.7 Å². The zero-order valence-electron chi connectivity index (χ0n) is 8.01. The van der Waals surface area contributed by atoms with E-state index < -0.39 is 0 Å². The van der Waals surface area contributed by atoms with Gasteiger partial charge >= 0.3 is 5.97 Å². The van der Waals surface area contributed by atoms with E-state index in [0.29, 0.717) is 12.2 Å². The van der Waals surface area contributed by atoms with Gasteiger partial charge in [0.25, 0.3) is 0 Å². The van der Waals surface area contributed by atoms with Crippen LogP contribution in [0, 0.1) is 0 Å². The highest BCUT2D eigenvalue weighted by Crippen LogP contribution is 2.24. The molecule has 0 amide bonds. The molecule has 4 heteroatoms.